The van der Waals surface area contributed by atoms with E-state index in [-0.39, 0.29) is 31.3 Å². The van der Waals surface area contributed by atoms with Gasteiger partial charge in [-0.15, -0.1) is 0 Å². The predicted molar refractivity (Wildman–Crippen MR) is 144 cm³/mol. The van der Waals surface area contributed by atoms with Gasteiger partial charge in [-0.1, -0.05) is 30.3 Å². The normalized spacial score (nSPS) is 12.5. The molecule has 0 bridgehead atoms. The van der Waals surface area contributed by atoms with Gasteiger partial charge >= 0.3 is 0 Å². The maximum atomic E-state index is 13.4. The first-order valence-electron chi connectivity index (χ1n) is 12.0. The molecular formula is C27H39N3O5S. The third-order valence-electron chi connectivity index (χ3n) is 5.69. The van der Waals surface area contributed by atoms with Gasteiger partial charge in [-0.2, -0.15) is 0 Å². The molecule has 9 heteroatoms. The number of carbonyl (C=O) groups excluding carboxylic acids is 2. The van der Waals surface area contributed by atoms with Crippen LogP contribution in [-0.2, 0) is 26.2 Å². The van der Waals surface area contributed by atoms with Crippen molar-refractivity contribution in [1.82, 2.24) is 10.2 Å². The van der Waals surface area contributed by atoms with Gasteiger partial charge in [-0.25, -0.2) is 8.42 Å². The number of benzene rings is 2. The SMILES string of the molecule is COc1cccc(CN(C(=O)CCCN(c2ccccc2C)S(C)(=O)=O)C(C)C(=O)NC(C)(C)C)c1. The lowest BCUT2D eigenvalue weighted by Crippen LogP contribution is -2.52. The van der Waals surface area contributed by atoms with Crippen LogP contribution in [-0.4, -0.2) is 56.6 Å². The van der Waals surface area contributed by atoms with E-state index in [1.165, 1.54) is 9.21 Å². The Kier molecular flexibility index (Phi) is 9.93. The second-order valence-electron chi connectivity index (χ2n) is 10.0. The molecule has 0 fully saturated rings. The molecule has 0 spiro atoms. The number of nitrogens with zero attached hydrogens (tertiary/aromatic N) is 2. The van der Waals surface area contributed by atoms with Gasteiger partial charge in [0.05, 0.1) is 19.1 Å². The number of hydrogen-bond acceptors (Lipinski definition) is 5. The van der Waals surface area contributed by atoms with Crippen molar-refractivity contribution in [1.29, 1.82) is 0 Å². The smallest absolute Gasteiger partial charge is 0.242 e. The fraction of sp³-hybridized carbons (Fsp3) is 0.481. The Morgan fingerprint density at radius 3 is 2.33 bits per heavy atom. The molecule has 198 valence electrons. The summed E-state index contributed by atoms with van der Waals surface area (Å²) in [7, 11) is -1.96. The molecule has 0 aliphatic rings. The second kappa shape index (κ2) is 12.3. The monoisotopic (exact) mass is 517 g/mol. The Morgan fingerprint density at radius 1 is 1.08 bits per heavy atom. The molecule has 1 N–H and O–H groups in total. The van der Waals surface area contributed by atoms with Crippen LogP contribution in [0.15, 0.2) is 48.5 Å². The molecule has 2 aromatic rings. The van der Waals surface area contributed by atoms with Gasteiger partial charge in [0.25, 0.3) is 0 Å². The summed E-state index contributed by atoms with van der Waals surface area (Å²) in [5, 5.41) is 2.94. The topological polar surface area (TPSA) is 96.0 Å². The first-order chi connectivity index (χ1) is 16.7. The maximum absolute atomic E-state index is 13.4. The summed E-state index contributed by atoms with van der Waals surface area (Å²) >= 11 is 0. The van der Waals surface area contributed by atoms with Crippen molar-refractivity contribution in [2.75, 3.05) is 24.2 Å². The van der Waals surface area contributed by atoms with E-state index in [0.29, 0.717) is 17.9 Å². The zero-order valence-corrected chi connectivity index (χ0v) is 23.2. The van der Waals surface area contributed by atoms with Crippen molar-refractivity contribution in [2.45, 2.75) is 65.6 Å². The largest absolute Gasteiger partial charge is 0.497 e. The Bertz CT molecular complexity index is 1160. The highest BCUT2D eigenvalue weighted by Crippen LogP contribution is 2.23. The van der Waals surface area contributed by atoms with E-state index in [0.717, 1.165) is 17.4 Å². The van der Waals surface area contributed by atoms with E-state index in [1.807, 2.05) is 64.1 Å². The fourth-order valence-corrected chi connectivity index (χ4v) is 4.87. The van der Waals surface area contributed by atoms with Crippen LogP contribution in [0.25, 0.3) is 0 Å². The fourth-order valence-electron chi connectivity index (χ4n) is 3.85. The van der Waals surface area contributed by atoms with Crippen LogP contribution in [0, 0.1) is 6.92 Å². The molecule has 0 heterocycles. The summed E-state index contributed by atoms with van der Waals surface area (Å²) in [5.74, 6) is 0.178. The maximum Gasteiger partial charge on any atom is 0.242 e. The number of rotatable bonds is 11. The molecule has 2 aromatic carbocycles. The van der Waals surface area contributed by atoms with E-state index < -0.39 is 21.6 Å². The van der Waals surface area contributed by atoms with Crippen molar-refractivity contribution < 1.29 is 22.7 Å². The molecule has 0 saturated carbocycles. The summed E-state index contributed by atoms with van der Waals surface area (Å²) in [6.07, 6.45) is 1.56. The molecule has 1 atom stereocenters. The molecular weight excluding hydrogens is 478 g/mol. The van der Waals surface area contributed by atoms with Crippen molar-refractivity contribution in [3.05, 3.63) is 59.7 Å². The van der Waals surface area contributed by atoms with Crippen molar-refractivity contribution >= 4 is 27.5 Å². The average molecular weight is 518 g/mol. The van der Waals surface area contributed by atoms with Gasteiger partial charge in [0.1, 0.15) is 11.8 Å². The minimum absolute atomic E-state index is 0.0923. The summed E-state index contributed by atoms with van der Waals surface area (Å²) < 4.78 is 31.6. The highest BCUT2D eigenvalue weighted by molar-refractivity contribution is 7.92. The predicted octanol–water partition coefficient (Wildman–Crippen LogP) is 3.88. The van der Waals surface area contributed by atoms with Crippen LogP contribution in [0.1, 0.15) is 51.7 Å². The first kappa shape index (κ1) is 29.2. The zero-order valence-electron chi connectivity index (χ0n) is 22.4. The molecule has 0 aliphatic heterocycles. The number of amides is 2. The number of ether oxygens (including phenoxy) is 1. The van der Waals surface area contributed by atoms with Gasteiger partial charge in [0.15, 0.2) is 0 Å². The molecule has 36 heavy (non-hydrogen) atoms. The molecule has 1 unspecified atom stereocenters. The van der Waals surface area contributed by atoms with Gasteiger partial charge in [0, 0.05) is 25.0 Å². The second-order valence-corrected chi connectivity index (χ2v) is 11.9. The Balaban J connectivity index is 2.22. The van der Waals surface area contributed by atoms with Gasteiger partial charge < -0.3 is 15.0 Å². The number of para-hydroxylation sites is 1. The number of aryl methyl sites for hydroxylation is 1. The molecule has 0 saturated heterocycles. The minimum Gasteiger partial charge on any atom is -0.497 e. The molecule has 8 nitrogen and oxygen atoms in total. The zero-order chi connectivity index (χ0) is 27.1. The standard InChI is InChI=1S/C27H39N3O5S/c1-20-12-8-9-15-24(20)30(36(7,33)34)17-11-16-25(31)29(21(2)26(32)28-27(3,4)5)19-22-13-10-14-23(18-22)35-6/h8-10,12-15,18,21H,11,16-17,19H2,1-7H3,(H,28,32). The number of hydrogen-bond donors (Lipinski definition) is 1. The highest BCUT2D eigenvalue weighted by Gasteiger charge is 2.29. The highest BCUT2D eigenvalue weighted by atomic mass is 32.2. The summed E-state index contributed by atoms with van der Waals surface area (Å²) in [6, 6.07) is 13.9. The van der Waals surface area contributed by atoms with E-state index >= 15 is 0 Å². The lowest BCUT2D eigenvalue weighted by atomic mass is 10.1. The number of carbonyl (C=O) groups is 2. The number of sulfonamides is 1. The Labute approximate surface area is 215 Å². The van der Waals surface area contributed by atoms with Crippen LogP contribution in [0.3, 0.4) is 0 Å². The van der Waals surface area contributed by atoms with Crippen LogP contribution in [0.4, 0.5) is 5.69 Å². The van der Waals surface area contributed by atoms with Crippen molar-refractivity contribution in [3.63, 3.8) is 0 Å². The van der Waals surface area contributed by atoms with Crippen molar-refractivity contribution in [2.24, 2.45) is 0 Å². The number of methoxy groups -OCH3 is 1. The van der Waals surface area contributed by atoms with Gasteiger partial charge in [-0.3, -0.25) is 13.9 Å². The van der Waals surface area contributed by atoms with Crippen LogP contribution < -0.4 is 14.4 Å². The molecule has 0 aromatic heterocycles. The van der Waals surface area contributed by atoms with Crippen LogP contribution in [0.5, 0.6) is 5.75 Å². The van der Waals surface area contributed by atoms with Crippen LogP contribution >= 0.6 is 0 Å². The third kappa shape index (κ3) is 8.55. The van der Waals surface area contributed by atoms with E-state index in [4.69, 9.17) is 4.74 Å². The summed E-state index contributed by atoms with van der Waals surface area (Å²) in [4.78, 5) is 27.9. The quantitative estimate of drug-likeness (QED) is 0.488. The molecule has 0 aliphatic carbocycles. The van der Waals surface area contributed by atoms with E-state index in [9.17, 15) is 18.0 Å². The Morgan fingerprint density at radius 2 is 1.75 bits per heavy atom. The molecule has 2 rings (SSSR count). The van der Waals surface area contributed by atoms with Gasteiger partial charge in [-0.05, 0) is 70.4 Å². The Hall–Kier alpha value is -3.07. The van der Waals surface area contributed by atoms with Gasteiger partial charge in [0.2, 0.25) is 21.8 Å². The van der Waals surface area contributed by atoms with E-state index in [1.54, 1.807) is 26.2 Å². The van der Waals surface area contributed by atoms with E-state index in [2.05, 4.69) is 5.32 Å². The lowest BCUT2D eigenvalue weighted by molar-refractivity contribution is -0.141. The first-order valence-corrected chi connectivity index (χ1v) is 13.9. The van der Waals surface area contributed by atoms with Crippen molar-refractivity contribution in [3.8, 4) is 5.75 Å². The average Bonchev–Trinajstić information content (AvgIpc) is 2.78. The number of anilines is 1. The number of nitrogens with one attached hydrogen (secondary N) is 1. The summed E-state index contributed by atoms with van der Waals surface area (Å²) in [6.45, 7) is 9.60. The van der Waals surface area contributed by atoms with Crippen LogP contribution in [0.2, 0.25) is 0 Å². The molecule has 2 amide bonds. The summed E-state index contributed by atoms with van der Waals surface area (Å²) in [5.41, 5.74) is 1.82. The third-order valence-corrected chi connectivity index (χ3v) is 6.87. The lowest BCUT2D eigenvalue weighted by Gasteiger charge is -2.32. The minimum atomic E-state index is -3.53. The molecule has 0 radical (unpaired) electrons.